The number of hydrogen-bond acceptors (Lipinski definition) is 2. The van der Waals surface area contributed by atoms with Gasteiger partial charge in [-0.25, -0.2) is 4.98 Å². The lowest BCUT2D eigenvalue weighted by Gasteiger charge is -2.38. The van der Waals surface area contributed by atoms with Crippen LogP contribution in [0.4, 0.5) is 0 Å². The fourth-order valence-corrected chi connectivity index (χ4v) is 3.00. The number of aromatic nitrogens is 2. The lowest BCUT2D eigenvalue weighted by molar-refractivity contribution is 0.0914. The number of halogens is 2. The van der Waals surface area contributed by atoms with E-state index in [2.05, 4.69) is 10.3 Å². The highest BCUT2D eigenvalue weighted by molar-refractivity contribution is 6.49. The van der Waals surface area contributed by atoms with Crippen molar-refractivity contribution in [1.29, 1.82) is 0 Å². The van der Waals surface area contributed by atoms with Crippen LogP contribution in [0, 0.1) is 0 Å². The number of carbonyl (C=O) groups excluding carboxylic acids is 1. The normalized spacial score (nSPS) is 17.5. The van der Waals surface area contributed by atoms with Crippen molar-refractivity contribution in [3.63, 3.8) is 0 Å². The number of imidazole rings is 1. The highest BCUT2D eigenvalue weighted by Gasteiger charge is 2.41. The molecule has 1 heterocycles. The molecule has 0 atom stereocenters. The van der Waals surface area contributed by atoms with E-state index in [0.717, 1.165) is 5.69 Å². The Morgan fingerprint density at radius 1 is 1.40 bits per heavy atom. The van der Waals surface area contributed by atoms with Gasteiger partial charge in [0.2, 0.25) is 0 Å². The van der Waals surface area contributed by atoms with Gasteiger partial charge in [-0.1, -0.05) is 6.07 Å². The summed E-state index contributed by atoms with van der Waals surface area (Å²) in [7, 11) is 0. The maximum atomic E-state index is 12.2. The second-order valence-corrected chi connectivity index (χ2v) is 6.60. The monoisotopic (exact) mass is 309 g/mol. The molecule has 1 aliphatic rings. The van der Waals surface area contributed by atoms with E-state index < -0.39 is 4.33 Å². The van der Waals surface area contributed by atoms with Gasteiger partial charge in [-0.05, 0) is 18.2 Å². The first-order valence-corrected chi connectivity index (χ1v) is 7.06. The van der Waals surface area contributed by atoms with E-state index in [1.165, 1.54) is 0 Å². The molecule has 1 saturated carbocycles. The first-order chi connectivity index (χ1) is 9.53. The van der Waals surface area contributed by atoms with Crippen LogP contribution in [0.1, 0.15) is 23.2 Å². The predicted molar refractivity (Wildman–Crippen MR) is 78.5 cm³/mol. The van der Waals surface area contributed by atoms with E-state index in [1.54, 1.807) is 18.6 Å². The Labute approximate surface area is 126 Å². The van der Waals surface area contributed by atoms with Gasteiger partial charge in [0.1, 0.15) is 4.33 Å². The van der Waals surface area contributed by atoms with Crippen LogP contribution in [-0.2, 0) is 0 Å². The molecule has 2 aromatic rings. The minimum atomic E-state index is -0.684. The summed E-state index contributed by atoms with van der Waals surface area (Å²) in [6, 6.07) is 7.42. The minimum Gasteiger partial charge on any atom is -0.349 e. The fraction of sp³-hybridized carbons (Fsp3) is 0.286. The van der Waals surface area contributed by atoms with Crippen molar-refractivity contribution < 1.29 is 4.79 Å². The molecule has 0 unspecified atom stereocenters. The summed E-state index contributed by atoms with van der Waals surface area (Å²) in [5.41, 5.74) is 1.51. The molecule has 4 nitrogen and oxygen atoms in total. The van der Waals surface area contributed by atoms with E-state index in [0.29, 0.717) is 18.4 Å². The third-order valence-electron chi connectivity index (χ3n) is 3.34. The van der Waals surface area contributed by atoms with Crippen molar-refractivity contribution >= 4 is 29.1 Å². The van der Waals surface area contributed by atoms with E-state index in [4.69, 9.17) is 23.2 Å². The molecule has 1 N–H and O–H groups in total. The molecule has 1 aliphatic carbocycles. The van der Waals surface area contributed by atoms with Gasteiger partial charge in [0.15, 0.2) is 0 Å². The molecule has 0 bridgehead atoms. The van der Waals surface area contributed by atoms with Crippen LogP contribution in [0.3, 0.4) is 0 Å². The molecular formula is C14H13Cl2N3O. The lowest BCUT2D eigenvalue weighted by atomic mass is 9.91. The van der Waals surface area contributed by atoms with Gasteiger partial charge < -0.3 is 9.88 Å². The Balaban J connectivity index is 1.71. The number of hydrogen-bond donors (Lipinski definition) is 1. The Bertz CT molecular complexity index is 617. The van der Waals surface area contributed by atoms with Crippen molar-refractivity contribution in [2.75, 3.05) is 0 Å². The summed E-state index contributed by atoms with van der Waals surface area (Å²) in [4.78, 5) is 16.2. The Kier molecular flexibility index (Phi) is 3.44. The maximum absolute atomic E-state index is 12.2. The quantitative estimate of drug-likeness (QED) is 0.886. The number of nitrogens with one attached hydrogen (secondary N) is 1. The number of nitrogens with zero attached hydrogens (tertiary/aromatic N) is 2. The molecule has 0 spiro atoms. The third-order valence-corrected chi connectivity index (χ3v) is 3.95. The predicted octanol–water partition coefficient (Wildman–Crippen LogP) is 2.94. The first-order valence-electron chi connectivity index (χ1n) is 6.31. The number of alkyl halides is 2. The molecule has 1 aromatic carbocycles. The molecular weight excluding hydrogens is 297 g/mol. The van der Waals surface area contributed by atoms with E-state index in [9.17, 15) is 4.79 Å². The molecule has 3 rings (SSSR count). The summed E-state index contributed by atoms with van der Waals surface area (Å²) >= 11 is 11.9. The highest BCUT2D eigenvalue weighted by Crippen LogP contribution is 2.42. The zero-order chi connectivity index (χ0) is 14.2. The Hall–Kier alpha value is -1.52. The SMILES string of the molecule is O=C(NC1CC(Cl)(Cl)C1)c1cccc(-n2ccnc2)c1. The van der Waals surface area contributed by atoms with Gasteiger partial charge in [-0.2, -0.15) is 0 Å². The van der Waals surface area contributed by atoms with Gasteiger partial charge in [-0.3, -0.25) is 4.79 Å². The summed E-state index contributed by atoms with van der Waals surface area (Å²) in [5, 5.41) is 2.93. The van der Waals surface area contributed by atoms with Gasteiger partial charge in [0.25, 0.3) is 5.91 Å². The van der Waals surface area contributed by atoms with E-state index >= 15 is 0 Å². The van der Waals surface area contributed by atoms with Gasteiger partial charge >= 0.3 is 0 Å². The first kappa shape index (κ1) is 13.5. The molecule has 0 saturated heterocycles. The molecule has 20 heavy (non-hydrogen) atoms. The molecule has 0 radical (unpaired) electrons. The summed E-state index contributed by atoms with van der Waals surface area (Å²) < 4.78 is 1.17. The molecule has 1 amide bonds. The van der Waals surface area contributed by atoms with Crippen LogP contribution in [0.2, 0.25) is 0 Å². The second kappa shape index (κ2) is 5.11. The summed E-state index contributed by atoms with van der Waals surface area (Å²) in [6.45, 7) is 0. The van der Waals surface area contributed by atoms with Crippen LogP contribution < -0.4 is 5.32 Å². The van der Waals surface area contributed by atoms with Gasteiger partial charge in [0, 0.05) is 42.5 Å². The number of carbonyl (C=O) groups is 1. The topological polar surface area (TPSA) is 46.9 Å². The smallest absolute Gasteiger partial charge is 0.251 e. The zero-order valence-electron chi connectivity index (χ0n) is 10.6. The summed E-state index contributed by atoms with van der Waals surface area (Å²) in [6.07, 6.45) is 6.39. The number of rotatable bonds is 3. The van der Waals surface area contributed by atoms with Crippen molar-refractivity contribution in [2.24, 2.45) is 0 Å². The number of amides is 1. The second-order valence-electron chi connectivity index (χ2n) is 4.95. The molecule has 1 aromatic heterocycles. The highest BCUT2D eigenvalue weighted by atomic mass is 35.5. The largest absolute Gasteiger partial charge is 0.349 e. The Morgan fingerprint density at radius 3 is 2.85 bits per heavy atom. The third kappa shape index (κ3) is 2.81. The van der Waals surface area contributed by atoms with Crippen molar-refractivity contribution in [3.05, 3.63) is 48.5 Å². The zero-order valence-corrected chi connectivity index (χ0v) is 12.1. The Morgan fingerprint density at radius 2 is 2.20 bits per heavy atom. The molecule has 6 heteroatoms. The van der Waals surface area contributed by atoms with Crippen LogP contribution in [0.15, 0.2) is 43.0 Å². The van der Waals surface area contributed by atoms with Gasteiger partial charge in [-0.15, -0.1) is 23.2 Å². The van der Waals surface area contributed by atoms with Crippen LogP contribution in [0.5, 0.6) is 0 Å². The maximum Gasteiger partial charge on any atom is 0.251 e. The molecule has 0 aliphatic heterocycles. The van der Waals surface area contributed by atoms with Crippen LogP contribution >= 0.6 is 23.2 Å². The average molecular weight is 310 g/mol. The van der Waals surface area contributed by atoms with Gasteiger partial charge in [0.05, 0.1) is 6.33 Å². The lowest BCUT2D eigenvalue weighted by Crippen LogP contribution is -2.49. The number of benzene rings is 1. The van der Waals surface area contributed by atoms with Crippen molar-refractivity contribution in [2.45, 2.75) is 23.2 Å². The summed E-state index contributed by atoms with van der Waals surface area (Å²) in [5.74, 6) is -0.110. The minimum absolute atomic E-state index is 0.0504. The average Bonchev–Trinajstić information content (AvgIpc) is 2.90. The van der Waals surface area contributed by atoms with E-state index in [-0.39, 0.29) is 11.9 Å². The van der Waals surface area contributed by atoms with Crippen molar-refractivity contribution in [1.82, 2.24) is 14.9 Å². The van der Waals surface area contributed by atoms with Crippen molar-refractivity contribution in [3.8, 4) is 5.69 Å². The fourth-order valence-electron chi connectivity index (χ4n) is 2.25. The molecule has 1 fully saturated rings. The van der Waals surface area contributed by atoms with Crippen LogP contribution in [0.25, 0.3) is 5.69 Å². The molecule has 104 valence electrons. The van der Waals surface area contributed by atoms with Crippen LogP contribution in [-0.4, -0.2) is 25.8 Å². The van der Waals surface area contributed by atoms with E-state index in [1.807, 2.05) is 29.0 Å². The standard InChI is InChI=1S/C14H13Cl2N3O/c15-14(16)7-11(8-14)18-13(20)10-2-1-3-12(6-10)19-5-4-17-9-19/h1-6,9,11H,7-8H2,(H,18,20).